The number of ketones is 1. The van der Waals surface area contributed by atoms with Crippen molar-refractivity contribution in [3.63, 3.8) is 0 Å². The van der Waals surface area contributed by atoms with Gasteiger partial charge in [-0.2, -0.15) is 0 Å². The van der Waals surface area contributed by atoms with Gasteiger partial charge < -0.3 is 15.2 Å². The molecule has 0 heterocycles. The average molecular weight is 265 g/mol. The van der Waals surface area contributed by atoms with E-state index in [4.69, 9.17) is 15.2 Å². The normalized spacial score (nSPS) is 10.0. The molecular weight excluding hydrogens is 246 g/mol. The molecule has 104 valence electrons. The molecule has 0 aromatic heterocycles. The van der Waals surface area contributed by atoms with Crippen LogP contribution in [-0.4, -0.2) is 25.0 Å². The Morgan fingerprint density at radius 3 is 2.63 bits per heavy atom. The van der Waals surface area contributed by atoms with Gasteiger partial charge in [0, 0.05) is 5.56 Å². The molecule has 0 bridgehead atoms. The number of carbonyl (C=O) groups is 2. The van der Waals surface area contributed by atoms with Crippen molar-refractivity contribution in [1.29, 1.82) is 0 Å². The first-order valence-corrected chi connectivity index (χ1v) is 6.23. The molecule has 0 aliphatic heterocycles. The molecule has 0 atom stereocenters. The molecule has 5 heteroatoms. The summed E-state index contributed by atoms with van der Waals surface area (Å²) in [5, 5.41) is 0. The lowest BCUT2D eigenvalue weighted by Crippen LogP contribution is -2.16. The molecule has 1 rings (SSSR count). The van der Waals surface area contributed by atoms with E-state index in [-0.39, 0.29) is 12.4 Å². The minimum Gasteiger partial charge on any atom is -0.480 e. The zero-order valence-corrected chi connectivity index (χ0v) is 11.3. The van der Waals surface area contributed by atoms with Crippen molar-refractivity contribution in [3.05, 3.63) is 23.8 Å². The van der Waals surface area contributed by atoms with Crippen molar-refractivity contribution in [3.8, 4) is 5.75 Å². The van der Waals surface area contributed by atoms with Crippen LogP contribution in [-0.2, 0) is 9.53 Å². The zero-order valence-electron chi connectivity index (χ0n) is 11.3. The minimum absolute atomic E-state index is 0.0720. The van der Waals surface area contributed by atoms with Gasteiger partial charge in [-0.1, -0.05) is 13.3 Å². The highest BCUT2D eigenvalue weighted by atomic mass is 16.6. The van der Waals surface area contributed by atoms with E-state index in [0.717, 1.165) is 12.8 Å². The van der Waals surface area contributed by atoms with Crippen LogP contribution in [0.2, 0.25) is 0 Å². The van der Waals surface area contributed by atoms with Crippen LogP contribution in [0.4, 0.5) is 5.69 Å². The van der Waals surface area contributed by atoms with Crippen LogP contribution in [0.1, 0.15) is 37.0 Å². The van der Waals surface area contributed by atoms with Crippen molar-refractivity contribution in [2.45, 2.75) is 26.7 Å². The van der Waals surface area contributed by atoms with E-state index in [1.165, 1.54) is 13.0 Å². The summed E-state index contributed by atoms with van der Waals surface area (Å²) in [5.74, 6) is -0.127. The van der Waals surface area contributed by atoms with Crippen molar-refractivity contribution < 1.29 is 19.1 Å². The highest BCUT2D eigenvalue weighted by Crippen LogP contribution is 2.22. The van der Waals surface area contributed by atoms with Crippen LogP contribution in [0.5, 0.6) is 5.75 Å². The molecule has 0 aliphatic rings. The SMILES string of the molecule is CCCCOC(=O)COc1ccc(C(C)=O)cc1N. The fourth-order valence-corrected chi connectivity index (χ4v) is 1.41. The van der Waals surface area contributed by atoms with E-state index < -0.39 is 5.97 Å². The summed E-state index contributed by atoms with van der Waals surface area (Å²) in [4.78, 5) is 22.5. The van der Waals surface area contributed by atoms with Gasteiger partial charge in [-0.25, -0.2) is 4.79 Å². The van der Waals surface area contributed by atoms with E-state index in [0.29, 0.717) is 23.6 Å². The lowest BCUT2D eigenvalue weighted by molar-refractivity contribution is -0.146. The molecule has 0 saturated heterocycles. The molecule has 0 spiro atoms. The van der Waals surface area contributed by atoms with Crippen LogP contribution in [0.3, 0.4) is 0 Å². The Balaban J connectivity index is 2.49. The summed E-state index contributed by atoms with van der Waals surface area (Å²) in [7, 11) is 0. The number of anilines is 1. The van der Waals surface area contributed by atoms with Gasteiger partial charge in [-0.3, -0.25) is 4.79 Å². The van der Waals surface area contributed by atoms with Gasteiger partial charge in [0.2, 0.25) is 0 Å². The molecule has 0 radical (unpaired) electrons. The minimum atomic E-state index is -0.427. The highest BCUT2D eigenvalue weighted by Gasteiger charge is 2.08. The number of carbonyl (C=O) groups excluding carboxylic acids is 2. The molecule has 0 saturated carbocycles. The van der Waals surface area contributed by atoms with Crippen LogP contribution in [0, 0.1) is 0 Å². The summed E-state index contributed by atoms with van der Waals surface area (Å²) in [5.41, 5.74) is 6.58. The summed E-state index contributed by atoms with van der Waals surface area (Å²) < 4.78 is 10.2. The Morgan fingerprint density at radius 2 is 2.05 bits per heavy atom. The van der Waals surface area contributed by atoms with Gasteiger partial charge in [-0.05, 0) is 31.5 Å². The van der Waals surface area contributed by atoms with E-state index in [1.54, 1.807) is 12.1 Å². The van der Waals surface area contributed by atoms with Gasteiger partial charge in [0.25, 0.3) is 0 Å². The number of unbranched alkanes of at least 4 members (excludes halogenated alkanes) is 1. The third kappa shape index (κ3) is 4.99. The van der Waals surface area contributed by atoms with Crippen molar-refractivity contribution in [1.82, 2.24) is 0 Å². The second-order valence-corrected chi connectivity index (χ2v) is 4.17. The number of benzene rings is 1. The van der Waals surface area contributed by atoms with Gasteiger partial charge in [0.05, 0.1) is 12.3 Å². The van der Waals surface area contributed by atoms with E-state index >= 15 is 0 Å². The van der Waals surface area contributed by atoms with Crippen molar-refractivity contribution in [2.24, 2.45) is 0 Å². The maximum absolute atomic E-state index is 11.3. The molecule has 1 aromatic carbocycles. The van der Waals surface area contributed by atoms with Gasteiger partial charge in [0.1, 0.15) is 5.75 Å². The molecule has 1 aromatic rings. The topological polar surface area (TPSA) is 78.6 Å². The summed E-state index contributed by atoms with van der Waals surface area (Å²) >= 11 is 0. The third-order valence-electron chi connectivity index (χ3n) is 2.52. The number of esters is 1. The van der Waals surface area contributed by atoms with E-state index in [9.17, 15) is 9.59 Å². The number of Topliss-reactive ketones (excluding diaryl/α,β-unsaturated/α-hetero) is 1. The predicted octanol–water partition coefficient (Wildman–Crippen LogP) is 2.19. The molecule has 5 nitrogen and oxygen atoms in total. The molecule has 0 unspecified atom stereocenters. The van der Waals surface area contributed by atoms with Gasteiger partial charge in [0.15, 0.2) is 12.4 Å². The fourth-order valence-electron chi connectivity index (χ4n) is 1.41. The Bertz CT molecular complexity index is 457. The fraction of sp³-hybridized carbons (Fsp3) is 0.429. The molecule has 2 N–H and O–H groups in total. The summed E-state index contributed by atoms with van der Waals surface area (Å²) in [6.07, 6.45) is 1.80. The van der Waals surface area contributed by atoms with Crippen LogP contribution < -0.4 is 10.5 Å². The smallest absolute Gasteiger partial charge is 0.344 e. The molecule has 19 heavy (non-hydrogen) atoms. The number of ether oxygens (including phenoxy) is 2. The zero-order chi connectivity index (χ0) is 14.3. The Labute approximate surface area is 112 Å². The van der Waals surface area contributed by atoms with E-state index in [2.05, 4.69) is 0 Å². The lowest BCUT2D eigenvalue weighted by atomic mass is 10.1. The Kier molecular flexibility index (Phi) is 5.85. The number of nitrogen functional groups attached to an aromatic ring is 1. The summed E-state index contributed by atoms with van der Waals surface area (Å²) in [6, 6.07) is 4.71. The second-order valence-electron chi connectivity index (χ2n) is 4.17. The molecular formula is C14H19NO4. The van der Waals surface area contributed by atoms with Gasteiger partial charge in [-0.15, -0.1) is 0 Å². The predicted molar refractivity (Wildman–Crippen MR) is 72.2 cm³/mol. The average Bonchev–Trinajstić information content (AvgIpc) is 2.37. The molecule has 0 amide bonds. The monoisotopic (exact) mass is 265 g/mol. The first kappa shape index (κ1) is 15.0. The third-order valence-corrected chi connectivity index (χ3v) is 2.52. The van der Waals surface area contributed by atoms with Crippen molar-refractivity contribution in [2.75, 3.05) is 18.9 Å². The standard InChI is InChI=1S/C14H19NO4/c1-3-4-7-18-14(17)9-19-13-6-5-11(10(2)16)8-12(13)15/h5-6,8H,3-4,7,9,15H2,1-2H3. The maximum atomic E-state index is 11.3. The molecule has 0 fully saturated rings. The Hall–Kier alpha value is -2.04. The first-order valence-electron chi connectivity index (χ1n) is 6.23. The largest absolute Gasteiger partial charge is 0.480 e. The van der Waals surface area contributed by atoms with Crippen LogP contribution in [0.25, 0.3) is 0 Å². The van der Waals surface area contributed by atoms with Crippen LogP contribution in [0.15, 0.2) is 18.2 Å². The number of hydrogen-bond acceptors (Lipinski definition) is 5. The number of nitrogens with two attached hydrogens (primary N) is 1. The number of hydrogen-bond donors (Lipinski definition) is 1. The van der Waals surface area contributed by atoms with Gasteiger partial charge >= 0.3 is 5.97 Å². The molecule has 0 aliphatic carbocycles. The van der Waals surface area contributed by atoms with Crippen molar-refractivity contribution >= 4 is 17.4 Å². The lowest BCUT2D eigenvalue weighted by Gasteiger charge is -2.09. The first-order chi connectivity index (χ1) is 9.04. The van der Waals surface area contributed by atoms with Crippen LogP contribution >= 0.6 is 0 Å². The maximum Gasteiger partial charge on any atom is 0.344 e. The summed E-state index contributed by atoms with van der Waals surface area (Å²) in [6.45, 7) is 3.69. The highest BCUT2D eigenvalue weighted by molar-refractivity contribution is 5.95. The second kappa shape index (κ2) is 7.41. The number of rotatable bonds is 7. The quantitative estimate of drug-likeness (QED) is 0.354. The van der Waals surface area contributed by atoms with E-state index in [1.807, 2.05) is 6.92 Å². The Morgan fingerprint density at radius 1 is 1.32 bits per heavy atom.